The van der Waals surface area contributed by atoms with Crippen molar-refractivity contribution in [3.05, 3.63) is 39.7 Å². The van der Waals surface area contributed by atoms with Gasteiger partial charge in [0.05, 0.1) is 11.5 Å². The van der Waals surface area contributed by atoms with Gasteiger partial charge in [0.15, 0.2) is 0 Å². The van der Waals surface area contributed by atoms with Gasteiger partial charge in [-0.15, -0.1) is 0 Å². The van der Waals surface area contributed by atoms with Crippen LogP contribution in [-0.4, -0.2) is 24.6 Å². The van der Waals surface area contributed by atoms with Gasteiger partial charge in [-0.25, -0.2) is 0 Å². The normalized spacial score (nSPS) is 16.5. The van der Waals surface area contributed by atoms with Gasteiger partial charge < -0.3 is 10.1 Å². The second-order valence-electron chi connectivity index (χ2n) is 4.72. The third-order valence-electron chi connectivity index (χ3n) is 3.32. The maximum Gasteiger partial charge on any atom is 0.305 e. The van der Waals surface area contributed by atoms with Crippen LogP contribution in [0.4, 0.5) is 10.1 Å². The van der Waals surface area contributed by atoms with Gasteiger partial charge in [0.2, 0.25) is 5.82 Å². The number of hydrogen-bond acceptors (Lipinski definition) is 4. The molecule has 1 N–H and O–H groups in total. The summed E-state index contributed by atoms with van der Waals surface area (Å²) >= 11 is 0. The third kappa shape index (κ3) is 3.71. The lowest BCUT2D eigenvalue weighted by Crippen LogP contribution is -2.29. The van der Waals surface area contributed by atoms with E-state index in [4.69, 9.17) is 4.74 Å². The molecule has 0 aromatic heterocycles. The molecule has 19 heavy (non-hydrogen) atoms. The first-order valence-electron chi connectivity index (χ1n) is 6.38. The van der Waals surface area contributed by atoms with Crippen molar-refractivity contribution in [2.24, 2.45) is 5.92 Å². The molecule has 0 spiro atoms. The van der Waals surface area contributed by atoms with Crippen molar-refractivity contribution in [1.29, 1.82) is 0 Å². The lowest BCUT2D eigenvalue weighted by molar-refractivity contribution is -0.387. The molecule has 0 atom stereocenters. The van der Waals surface area contributed by atoms with Gasteiger partial charge in [-0.05, 0) is 31.8 Å². The maximum absolute atomic E-state index is 13.8. The second-order valence-corrected chi connectivity index (χ2v) is 4.72. The van der Waals surface area contributed by atoms with Crippen LogP contribution in [0.15, 0.2) is 18.2 Å². The Morgan fingerprint density at radius 2 is 2.16 bits per heavy atom. The number of nitro groups is 1. The summed E-state index contributed by atoms with van der Waals surface area (Å²) in [7, 11) is 0. The summed E-state index contributed by atoms with van der Waals surface area (Å²) in [5.41, 5.74) is -0.258. The van der Waals surface area contributed by atoms with Crippen LogP contribution in [0.1, 0.15) is 18.4 Å². The molecule has 1 aromatic rings. The van der Waals surface area contributed by atoms with Crippen LogP contribution < -0.4 is 5.32 Å². The van der Waals surface area contributed by atoms with Crippen molar-refractivity contribution in [3.63, 3.8) is 0 Å². The number of rotatable bonds is 5. The predicted molar refractivity (Wildman–Crippen MR) is 68.3 cm³/mol. The van der Waals surface area contributed by atoms with Gasteiger partial charge in [-0.2, -0.15) is 4.39 Å². The number of nitro benzene ring substituents is 1. The third-order valence-corrected chi connectivity index (χ3v) is 3.32. The zero-order valence-electron chi connectivity index (χ0n) is 10.6. The maximum atomic E-state index is 13.8. The average molecular weight is 268 g/mol. The molecule has 2 rings (SSSR count). The van der Waals surface area contributed by atoms with Gasteiger partial charge in [-0.1, -0.05) is 12.1 Å². The molecule has 0 unspecified atom stereocenters. The molecule has 6 heteroatoms. The summed E-state index contributed by atoms with van der Waals surface area (Å²) in [6.45, 7) is 2.62. The standard InChI is InChI=1S/C13H17FN2O3/c14-13-11(2-1-3-12(13)16(17)18)9-19-8-10-4-6-15-7-5-10/h1-3,10,15H,4-9H2. The van der Waals surface area contributed by atoms with Crippen molar-refractivity contribution >= 4 is 5.69 Å². The Balaban J connectivity index is 1.88. The van der Waals surface area contributed by atoms with Crippen molar-refractivity contribution in [2.75, 3.05) is 19.7 Å². The molecule has 1 heterocycles. The SMILES string of the molecule is O=[N+]([O-])c1cccc(COCC2CCNCC2)c1F. The van der Waals surface area contributed by atoms with Gasteiger partial charge in [0, 0.05) is 18.2 Å². The fourth-order valence-electron chi connectivity index (χ4n) is 2.20. The summed E-state index contributed by atoms with van der Waals surface area (Å²) in [4.78, 5) is 9.90. The zero-order chi connectivity index (χ0) is 13.7. The first-order valence-corrected chi connectivity index (χ1v) is 6.38. The molecule has 1 fully saturated rings. The van der Waals surface area contributed by atoms with Crippen molar-refractivity contribution in [3.8, 4) is 0 Å². The Kier molecular flexibility index (Phi) is 4.81. The quantitative estimate of drug-likeness (QED) is 0.657. The monoisotopic (exact) mass is 268 g/mol. The fourth-order valence-corrected chi connectivity index (χ4v) is 2.20. The number of ether oxygens (including phenoxy) is 1. The molecule has 0 radical (unpaired) electrons. The number of piperidine rings is 1. The largest absolute Gasteiger partial charge is 0.376 e. The minimum Gasteiger partial charge on any atom is -0.376 e. The molecule has 1 aliphatic rings. The van der Waals surface area contributed by atoms with Gasteiger partial charge in [0.1, 0.15) is 0 Å². The van der Waals surface area contributed by atoms with Crippen LogP contribution in [0.25, 0.3) is 0 Å². The van der Waals surface area contributed by atoms with Crippen molar-refractivity contribution < 1.29 is 14.1 Å². The molecule has 5 nitrogen and oxygen atoms in total. The Bertz CT molecular complexity index is 448. The molecular weight excluding hydrogens is 251 g/mol. The van der Waals surface area contributed by atoms with Crippen LogP contribution in [0.5, 0.6) is 0 Å². The summed E-state index contributed by atoms with van der Waals surface area (Å²) < 4.78 is 19.2. The molecular formula is C13H17FN2O3. The Labute approximate surface area is 110 Å². The van der Waals surface area contributed by atoms with Gasteiger partial charge >= 0.3 is 5.69 Å². The van der Waals surface area contributed by atoms with E-state index < -0.39 is 16.4 Å². The van der Waals surface area contributed by atoms with E-state index in [0.29, 0.717) is 12.5 Å². The van der Waals surface area contributed by atoms with E-state index in [0.717, 1.165) is 32.0 Å². The van der Waals surface area contributed by atoms with E-state index >= 15 is 0 Å². The number of hydrogen-bond donors (Lipinski definition) is 1. The first kappa shape index (κ1) is 13.9. The molecule has 1 aliphatic heterocycles. The first-order chi connectivity index (χ1) is 9.18. The summed E-state index contributed by atoms with van der Waals surface area (Å²) in [6, 6.07) is 4.15. The van der Waals surface area contributed by atoms with Crippen LogP contribution in [-0.2, 0) is 11.3 Å². The van der Waals surface area contributed by atoms with Gasteiger partial charge in [0.25, 0.3) is 0 Å². The van der Waals surface area contributed by atoms with Crippen molar-refractivity contribution in [2.45, 2.75) is 19.4 Å². The Hall–Kier alpha value is -1.53. The van der Waals surface area contributed by atoms with Gasteiger partial charge in [-0.3, -0.25) is 10.1 Å². The predicted octanol–water partition coefficient (Wildman–Crippen LogP) is 2.25. The minimum absolute atomic E-state index is 0.0808. The lowest BCUT2D eigenvalue weighted by atomic mass is 9.99. The molecule has 0 aliphatic carbocycles. The van der Waals surface area contributed by atoms with E-state index in [1.807, 2.05) is 0 Å². The summed E-state index contributed by atoms with van der Waals surface area (Å²) in [6.07, 6.45) is 2.11. The number of halogens is 1. The Morgan fingerprint density at radius 3 is 2.84 bits per heavy atom. The molecule has 0 bridgehead atoms. The van der Waals surface area contributed by atoms with E-state index in [2.05, 4.69) is 5.32 Å². The number of benzene rings is 1. The van der Waals surface area contributed by atoms with E-state index in [9.17, 15) is 14.5 Å². The smallest absolute Gasteiger partial charge is 0.305 e. The average Bonchev–Trinajstić information content (AvgIpc) is 2.41. The van der Waals surface area contributed by atoms with Crippen LogP contribution in [0.2, 0.25) is 0 Å². The highest BCUT2D eigenvalue weighted by Crippen LogP contribution is 2.21. The number of nitrogens with zero attached hydrogens (tertiary/aromatic N) is 1. The van der Waals surface area contributed by atoms with Crippen LogP contribution in [0.3, 0.4) is 0 Å². The van der Waals surface area contributed by atoms with Crippen LogP contribution in [0, 0.1) is 21.8 Å². The van der Waals surface area contributed by atoms with E-state index in [1.54, 1.807) is 0 Å². The van der Waals surface area contributed by atoms with Crippen molar-refractivity contribution in [1.82, 2.24) is 5.32 Å². The zero-order valence-corrected chi connectivity index (χ0v) is 10.6. The summed E-state index contributed by atoms with van der Waals surface area (Å²) in [5, 5.41) is 13.9. The highest BCUT2D eigenvalue weighted by molar-refractivity contribution is 5.36. The van der Waals surface area contributed by atoms with E-state index in [-0.39, 0.29) is 12.2 Å². The highest BCUT2D eigenvalue weighted by atomic mass is 19.1. The molecule has 0 amide bonds. The lowest BCUT2D eigenvalue weighted by Gasteiger charge is -2.22. The van der Waals surface area contributed by atoms with Crippen LogP contribution >= 0.6 is 0 Å². The second kappa shape index (κ2) is 6.58. The minimum atomic E-state index is -0.794. The summed E-state index contributed by atoms with van der Waals surface area (Å²) in [5.74, 6) is -0.305. The highest BCUT2D eigenvalue weighted by Gasteiger charge is 2.18. The fraction of sp³-hybridized carbons (Fsp3) is 0.538. The topological polar surface area (TPSA) is 64.4 Å². The Morgan fingerprint density at radius 1 is 1.42 bits per heavy atom. The molecule has 0 saturated carbocycles. The number of nitrogens with one attached hydrogen (secondary N) is 1. The molecule has 104 valence electrons. The molecule has 1 saturated heterocycles. The molecule has 1 aromatic carbocycles. The van der Waals surface area contributed by atoms with E-state index in [1.165, 1.54) is 12.1 Å².